The van der Waals surface area contributed by atoms with E-state index in [9.17, 15) is 68.2 Å². The van der Waals surface area contributed by atoms with E-state index >= 15 is 0 Å². The summed E-state index contributed by atoms with van der Waals surface area (Å²) in [5, 5.41) is 46.8. The number of nitrogens with one attached hydrogen (secondary N) is 4. The normalized spacial score (nSPS) is 24.5. The largest absolute Gasteiger partial charge is 0.453 e. The number of amides is 2. The van der Waals surface area contributed by atoms with E-state index in [0.29, 0.717) is 45.7 Å². The Bertz CT molecular complexity index is 5120. The molecule has 8 aromatic rings. The van der Waals surface area contributed by atoms with Crippen LogP contribution in [0.5, 0.6) is 0 Å². The van der Waals surface area contributed by atoms with Gasteiger partial charge in [-0.25, -0.2) is 63.2 Å². The minimum absolute atomic E-state index is 0.0236. The van der Waals surface area contributed by atoms with Crippen molar-refractivity contribution in [2.45, 2.75) is 176 Å². The number of hydrogen-bond donors (Lipinski definition) is 11. The monoisotopic (exact) mass is 1860 g/mol. The number of anilines is 2. The summed E-state index contributed by atoms with van der Waals surface area (Å²) in [4.78, 5) is 138. The van der Waals surface area contributed by atoms with Crippen LogP contribution in [0.3, 0.4) is 0 Å². The van der Waals surface area contributed by atoms with Crippen LogP contribution in [0.15, 0.2) is 130 Å². The first-order chi connectivity index (χ1) is 56.5. The average molecular weight is 1860 g/mol. The van der Waals surface area contributed by atoms with Gasteiger partial charge in [0, 0.05) is 75.8 Å². The molecular formula is C70H91IN16O28P2S2. The molecule has 4 saturated heterocycles. The molecule has 648 valence electrons. The number of aromatic amines is 2. The maximum Gasteiger partial charge on any atom is 0.408 e. The van der Waals surface area contributed by atoms with Gasteiger partial charge in [-0.1, -0.05) is 60.7 Å². The maximum absolute atomic E-state index is 14.8. The van der Waals surface area contributed by atoms with Gasteiger partial charge in [0.15, 0.2) is 35.4 Å². The molecule has 4 aliphatic heterocycles. The third-order valence-corrected chi connectivity index (χ3v) is 23.2. The van der Waals surface area contributed by atoms with Crippen LogP contribution in [-0.2, 0) is 104 Å². The molecule has 44 nitrogen and oxygen atoms in total. The molecule has 4 aliphatic rings. The van der Waals surface area contributed by atoms with Crippen molar-refractivity contribution in [3.8, 4) is 0 Å². The summed E-state index contributed by atoms with van der Waals surface area (Å²) in [6, 6.07) is 18.5. The number of nitrogens with two attached hydrogens (primary N) is 2. The van der Waals surface area contributed by atoms with Crippen LogP contribution in [0.25, 0.3) is 22.3 Å². The van der Waals surface area contributed by atoms with Gasteiger partial charge in [-0.15, -0.1) is 0 Å². The summed E-state index contributed by atoms with van der Waals surface area (Å²) in [6.07, 6.45) is -8.07. The van der Waals surface area contributed by atoms with E-state index in [4.69, 9.17) is 88.7 Å². The van der Waals surface area contributed by atoms with Gasteiger partial charge >= 0.3 is 49.0 Å². The van der Waals surface area contributed by atoms with Crippen LogP contribution >= 0.6 is 47.5 Å². The van der Waals surface area contributed by atoms with Gasteiger partial charge in [0.05, 0.1) is 51.3 Å². The highest BCUT2D eigenvalue weighted by Crippen LogP contribution is 2.63. The van der Waals surface area contributed by atoms with Crippen molar-refractivity contribution in [1.29, 1.82) is 0 Å². The lowest BCUT2D eigenvalue weighted by molar-refractivity contribution is -0.144. The summed E-state index contributed by atoms with van der Waals surface area (Å²) in [7, 11) is 2.58. The number of methoxy groups -OCH3 is 2. The zero-order valence-corrected chi connectivity index (χ0v) is 70.6. The molecule has 8 unspecified atom stereocenters. The number of aliphatic hydroxyl groups excluding tert-OH is 4. The van der Waals surface area contributed by atoms with Crippen molar-refractivity contribution in [2.24, 2.45) is 0 Å². The molecule has 119 heavy (non-hydrogen) atoms. The zero-order valence-electron chi connectivity index (χ0n) is 65.0. The van der Waals surface area contributed by atoms with E-state index in [1.165, 1.54) is 45.7 Å². The first-order valence-electron chi connectivity index (χ1n) is 36.4. The summed E-state index contributed by atoms with van der Waals surface area (Å²) < 4.78 is 99.0. The molecule has 4 fully saturated rings. The Balaban J connectivity index is 0.000000212. The van der Waals surface area contributed by atoms with Crippen LogP contribution in [0, 0.1) is 0 Å². The number of H-pyrrole nitrogens is 2. The van der Waals surface area contributed by atoms with Crippen molar-refractivity contribution in [2.75, 3.05) is 62.7 Å². The Hall–Kier alpha value is -8.66. The molecule has 0 radical (unpaired) electrons. The highest BCUT2D eigenvalue weighted by atomic mass is 127. The average Bonchev–Trinajstić information content (AvgIpc) is 1.64. The molecule has 18 atom stereocenters. The SMILES string of the molecule is CC(C)(C)OC(=O)NC(Cc1ccccc1)C(=O)OCI.CO[C@@H]1C(OP(=O)(OC[C@H]2O[C@@H](n3cnc4c(N)ncnc43)CC2O)SCOC(=O)C(Cc2ccccc2)NC(=O)OC(C)(C)C)[C@@H](CO)O[C@H]1n1ccc(=O)[nH]c1=O.CO[C@@H]1C(OP(O)(=S)OC[C@H]2O[C@@H](n3cnc4c(N)ncnc43)CC2O)[C@@H](CO)O[C@H]1n1ccc(=O)[nH]c1=O. The van der Waals surface area contributed by atoms with Gasteiger partial charge in [0.2, 0.25) is 0 Å². The number of fused-ring (bicyclic) bond motifs is 2. The first kappa shape index (κ1) is 92.6. The highest BCUT2D eigenvalue weighted by molar-refractivity contribution is 14.1. The lowest BCUT2D eigenvalue weighted by atomic mass is 10.1. The summed E-state index contributed by atoms with van der Waals surface area (Å²) in [5.74, 6) is -1.67. The second-order valence-corrected chi connectivity index (χ2v) is 36.1. The minimum Gasteiger partial charge on any atom is -0.453 e. The number of aromatic nitrogens is 12. The van der Waals surface area contributed by atoms with E-state index in [1.807, 2.05) is 52.9 Å². The molecule has 0 aliphatic carbocycles. The van der Waals surface area contributed by atoms with E-state index in [0.717, 1.165) is 33.0 Å². The van der Waals surface area contributed by atoms with E-state index in [1.54, 1.807) is 81.0 Å². The van der Waals surface area contributed by atoms with Gasteiger partial charge in [0.25, 0.3) is 11.1 Å². The number of aliphatic hydroxyl groups is 4. The number of alkyl carbamates (subject to hydrolysis) is 2. The van der Waals surface area contributed by atoms with Crippen molar-refractivity contribution < 1.29 is 115 Å². The molecule has 10 heterocycles. The fourth-order valence-corrected chi connectivity index (χ4v) is 17.1. The predicted molar refractivity (Wildman–Crippen MR) is 431 cm³/mol. The fraction of sp³-hybridized carbons (Fsp3) is 0.514. The number of alkyl halides is 1. The maximum atomic E-state index is 14.8. The third-order valence-electron chi connectivity index (χ3n) is 18.0. The van der Waals surface area contributed by atoms with Crippen molar-refractivity contribution in [1.82, 2.24) is 68.8 Å². The first-order valence-corrected chi connectivity index (χ1v) is 43.7. The third kappa shape index (κ3) is 24.8. The second-order valence-electron chi connectivity index (χ2n) is 28.7. The van der Waals surface area contributed by atoms with Crippen LogP contribution in [-0.4, -0.2) is 243 Å². The van der Waals surface area contributed by atoms with E-state index < -0.39 is 195 Å². The number of benzene rings is 2. The number of nitrogens with zero attached hydrogens (tertiary/aromatic N) is 10. The van der Waals surface area contributed by atoms with Crippen LogP contribution in [0.1, 0.15) is 90.4 Å². The highest BCUT2D eigenvalue weighted by Gasteiger charge is 2.53. The van der Waals surface area contributed by atoms with Gasteiger partial charge in [-0.3, -0.25) is 51.4 Å². The Morgan fingerprint density at radius 3 is 1.43 bits per heavy atom. The number of halogens is 1. The van der Waals surface area contributed by atoms with Gasteiger partial charge < -0.3 is 99.3 Å². The molecule has 12 rings (SSSR count). The minimum atomic E-state index is -4.56. The lowest BCUT2D eigenvalue weighted by Crippen LogP contribution is -2.45. The molecule has 13 N–H and O–H groups in total. The number of ether oxygens (including phenoxy) is 10. The zero-order chi connectivity index (χ0) is 86.3. The second kappa shape index (κ2) is 41.3. The van der Waals surface area contributed by atoms with Crippen molar-refractivity contribution in [3.63, 3.8) is 0 Å². The van der Waals surface area contributed by atoms with Crippen LogP contribution in [0.2, 0.25) is 0 Å². The van der Waals surface area contributed by atoms with Gasteiger partial charge in [-0.2, -0.15) is 0 Å². The molecule has 2 aromatic carbocycles. The fourth-order valence-electron chi connectivity index (χ4n) is 12.6. The standard InChI is InChI=1S/C35H45N8O14PS.C20H26N7O10PS.C15H20INO4/c1-35(2,3)56-34(49)40-20(12-19-8-6-5-7-9-19)32(47)52-18-59-58(50,57-27-22(14-44)55-31(28(27)51-4)42-11-10-24(46)41-33(42)48)53-15-23-21(45)13-25(54-23)43-17-39-26-29(36)37-16-38-30(26)43;1-33-16-15(10(5-28)36-19(16)26-3-2-12(30)25-20(26)31)37-38(32,39)34-6-11-9(29)4-13(35-11)27-8-24-14-17(21)22-7-23-18(14)27;1-15(2,3)21-14(19)17-12(13(18)20-10-16)9-11-7-5-4-6-8-11/h5-11,16-17,20-23,25,27-28,31,44-45H,12-15,18H2,1-4H3,(H,40,49)(H2,36,37,38)(H,41,46,48);2-3,7-11,13,15-16,19,28-29H,4-6H2,1H3,(H,32,39)(H2,21,22,23)(H,25,30,31);4-8,12H,9-10H2,1-3H3,(H,17,19)/t20?,21?,22-,23-,25-,27?,28-,31-,58?;9?,10-,11-,13-,15?,16-,19-,38?;/m11./s1. The molecule has 0 saturated carbocycles. The lowest BCUT2D eigenvalue weighted by Gasteiger charge is -2.28. The summed E-state index contributed by atoms with van der Waals surface area (Å²) in [6.45, 7) is -0.388. The Morgan fingerprint density at radius 2 is 1.03 bits per heavy atom. The van der Waals surface area contributed by atoms with Crippen LogP contribution in [0.4, 0.5) is 21.2 Å². The number of nitrogen functional groups attached to an aromatic ring is 2. The Morgan fingerprint density at radius 1 is 0.605 bits per heavy atom. The van der Waals surface area contributed by atoms with Gasteiger partial charge in [-0.05, 0) is 87.1 Å². The number of rotatable bonds is 30. The quantitative estimate of drug-likeness (QED) is 0.00769. The Labute approximate surface area is 699 Å². The molecular weight excluding hydrogens is 1770 g/mol. The summed E-state index contributed by atoms with van der Waals surface area (Å²) in [5.41, 5.74) is 10.5. The molecule has 49 heteroatoms. The number of imidazole rings is 2. The predicted octanol–water partition coefficient (Wildman–Crippen LogP) is 2.58. The van der Waals surface area contributed by atoms with E-state index in [-0.39, 0.29) is 42.1 Å². The number of hydrogen-bond acceptors (Lipinski definition) is 37. The number of carbonyl (C=O) groups excluding carboxylic acids is 4. The Kier molecular flexibility index (Phi) is 32.1. The number of carbonyl (C=O) groups is 4. The van der Waals surface area contributed by atoms with Gasteiger partial charge in [0.1, 0.15) is 119 Å². The molecule has 0 bridgehead atoms. The van der Waals surface area contributed by atoms with Crippen molar-refractivity contribution >= 4 is 117 Å². The molecule has 0 spiro atoms. The molecule has 6 aromatic heterocycles. The van der Waals surface area contributed by atoms with E-state index in [2.05, 4.69) is 50.5 Å². The van der Waals surface area contributed by atoms with Crippen LogP contribution < -0.4 is 44.6 Å². The van der Waals surface area contributed by atoms with Crippen molar-refractivity contribution in [3.05, 3.63) is 163 Å². The number of esters is 2. The molecule has 2 amide bonds. The summed E-state index contributed by atoms with van der Waals surface area (Å²) >= 11 is 7.54. The topological polar surface area (TPSA) is 589 Å². The smallest absolute Gasteiger partial charge is 0.408 e.